The zero-order valence-electron chi connectivity index (χ0n) is 13.3. The van der Waals surface area contributed by atoms with E-state index in [1.807, 2.05) is 0 Å². The van der Waals surface area contributed by atoms with Crippen LogP contribution in [-0.2, 0) is 17.8 Å². The topological polar surface area (TPSA) is 171 Å². The second-order valence-corrected chi connectivity index (χ2v) is 6.12. The van der Waals surface area contributed by atoms with E-state index >= 15 is 0 Å². The maximum absolute atomic E-state index is 11.6. The highest BCUT2D eigenvalue weighted by molar-refractivity contribution is 7.13. The molecule has 1 aromatic carbocycles. The quantitative estimate of drug-likeness (QED) is 0.265. The SMILES string of the molecule is Cl.O=C(O)Cc1csc(NCc2cc([N+](=O)[O-])cc3[nH]c(=O)c(=O)[nH]c23)n1. The van der Waals surface area contributed by atoms with Crippen LogP contribution in [0.5, 0.6) is 0 Å². The molecule has 0 fully saturated rings. The number of carboxylic acid groups (broad SMARTS) is 1. The second kappa shape index (κ2) is 7.97. The lowest BCUT2D eigenvalue weighted by Gasteiger charge is -2.07. The molecule has 3 aromatic rings. The molecule has 13 heteroatoms. The van der Waals surface area contributed by atoms with Crippen molar-refractivity contribution in [2.45, 2.75) is 13.0 Å². The Labute approximate surface area is 159 Å². The maximum Gasteiger partial charge on any atom is 0.314 e. The van der Waals surface area contributed by atoms with Gasteiger partial charge >= 0.3 is 17.1 Å². The number of aromatic amines is 2. The molecular weight excluding hydrogens is 402 g/mol. The minimum atomic E-state index is -1.01. The number of aromatic nitrogens is 3. The van der Waals surface area contributed by atoms with Crippen molar-refractivity contribution in [3.8, 4) is 0 Å². The van der Waals surface area contributed by atoms with Crippen LogP contribution in [0.3, 0.4) is 0 Å². The first-order valence-corrected chi connectivity index (χ1v) is 8.05. The normalized spacial score (nSPS) is 10.4. The molecule has 0 atom stereocenters. The predicted octanol–water partition coefficient (Wildman–Crippen LogP) is 1.24. The van der Waals surface area contributed by atoms with Gasteiger partial charge in [-0.1, -0.05) is 0 Å². The number of rotatable bonds is 6. The third kappa shape index (κ3) is 4.48. The van der Waals surface area contributed by atoms with Crippen molar-refractivity contribution in [3.05, 3.63) is 59.6 Å². The molecule has 0 spiro atoms. The summed E-state index contributed by atoms with van der Waals surface area (Å²) in [5.74, 6) is -1.01. The van der Waals surface area contributed by atoms with Crippen LogP contribution in [0.15, 0.2) is 27.1 Å². The highest BCUT2D eigenvalue weighted by atomic mass is 35.5. The Morgan fingerprint density at radius 2 is 2.00 bits per heavy atom. The number of benzene rings is 1. The van der Waals surface area contributed by atoms with E-state index in [0.717, 1.165) is 6.07 Å². The number of non-ortho nitro benzene ring substituents is 1. The van der Waals surface area contributed by atoms with E-state index in [9.17, 15) is 24.5 Å². The Kier molecular flexibility index (Phi) is 5.92. The molecular formula is C14H12ClN5O6S. The van der Waals surface area contributed by atoms with Gasteiger partial charge in [0.2, 0.25) is 0 Å². The average Bonchev–Trinajstić information content (AvgIpc) is 3.00. The molecule has 11 nitrogen and oxygen atoms in total. The first kappa shape index (κ1) is 20.1. The fraction of sp³-hybridized carbons (Fsp3) is 0.143. The number of nitrogens with zero attached hydrogens (tertiary/aromatic N) is 2. The van der Waals surface area contributed by atoms with Gasteiger partial charge in [0.1, 0.15) is 0 Å². The third-order valence-electron chi connectivity index (χ3n) is 3.42. The second-order valence-electron chi connectivity index (χ2n) is 5.26. The highest BCUT2D eigenvalue weighted by Gasteiger charge is 2.14. The molecule has 2 heterocycles. The monoisotopic (exact) mass is 413 g/mol. The number of thiazole rings is 1. The number of fused-ring (bicyclic) bond motifs is 1. The lowest BCUT2D eigenvalue weighted by molar-refractivity contribution is -0.384. The fourth-order valence-electron chi connectivity index (χ4n) is 2.32. The van der Waals surface area contributed by atoms with Crippen LogP contribution in [0.25, 0.3) is 11.0 Å². The average molecular weight is 414 g/mol. The molecule has 0 bridgehead atoms. The number of nitro groups is 1. The van der Waals surface area contributed by atoms with Gasteiger partial charge in [0.25, 0.3) is 5.69 Å². The van der Waals surface area contributed by atoms with Gasteiger partial charge in [0.15, 0.2) is 5.13 Å². The van der Waals surface area contributed by atoms with Crippen molar-refractivity contribution < 1.29 is 14.8 Å². The number of aliphatic carboxylic acids is 1. The number of nitro benzene ring substituents is 1. The summed E-state index contributed by atoms with van der Waals surface area (Å²) in [5, 5.41) is 24.8. The largest absolute Gasteiger partial charge is 0.481 e. The number of hydrogen-bond donors (Lipinski definition) is 4. The smallest absolute Gasteiger partial charge is 0.314 e. The third-order valence-corrected chi connectivity index (χ3v) is 4.27. The Hall–Kier alpha value is -3.25. The summed E-state index contributed by atoms with van der Waals surface area (Å²) < 4.78 is 0. The lowest BCUT2D eigenvalue weighted by Crippen LogP contribution is -2.29. The van der Waals surface area contributed by atoms with Gasteiger partial charge < -0.3 is 20.4 Å². The summed E-state index contributed by atoms with van der Waals surface area (Å²) in [6.45, 7) is 0.0696. The number of halogens is 1. The van der Waals surface area contributed by atoms with Crippen LogP contribution in [0.4, 0.5) is 10.8 Å². The van der Waals surface area contributed by atoms with Gasteiger partial charge in [-0.3, -0.25) is 24.5 Å². The zero-order valence-corrected chi connectivity index (χ0v) is 15.0. The van der Waals surface area contributed by atoms with Crippen molar-refractivity contribution in [1.82, 2.24) is 15.0 Å². The van der Waals surface area contributed by atoms with E-state index in [1.54, 1.807) is 5.38 Å². The van der Waals surface area contributed by atoms with Gasteiger partial charge in [0, 0.05) is 29.6 Å². The summed E-state index contributed by atoms with van der Waals surface area (Å²) in [5.41, 5.74) is -0.881. The number of H-pyrrole nitrogens is 2. The number of carbonyl (C=O) groups is 1. The van der Waals surface area contributed by atoms with Gasteiger partial charge in [-0.15, -0.1) is 23.7 Å². The van der Waals surface area contributed by atoms with Gasteiger partial charge in [-0.25, -0.2) is 4.98 Å². The first-order chi connectivity index (χ1) is 12.3. The molecule has 4 N–H and O–H groups in total. The van der Waals surface area contributed by atoms with Crippen molar-refractivity contribution in [3.63, 3.8) is 0 Å². The van der Waals surface area contributed by atoms with Gasteiger partial charge in [0.05, 0.1) is 28.1 Å². The highest BCUT2D eigenvalue weighted by Crippen LogP contribution is 2.23. The molecule has 0 unspecified atom stereocenters. The fourth-order valence-corrected chi connectivity index (χ4v) is 3.03. The summed E-state index contributed by atoms with van der Waals surface area (Å²) in [7, 11) is 0. The number of carboxylic acids is 1. The van der Waals surface area contributed by atoms with Gasteiger partial charge in [-0.2, -0.15) is 0 Å². The lowest BCUT2D eigenvalue weighted by atomic mass is 10.1. The van der Waals surface area contributed by atoms with Crippen LogP contribution in [-0.4, -0.2) is 31.0 Å². The molecule has 0 saturated heterocycles. The summed E-state index contributed by atoms with van der Waals surface area (Å²) in [6.07, 6.45) is -0.216. The molecule has 3 rings (SSSR count). The minimum Gasteiger partial charge on any atom is -0.481 e. The van der Waals surface area contributed by atoms with E-state index in [-0.39, 0.29) is 42.1 Å². The molecule has 0 radical (unpaired) electrons. The Morgan fingerprint density at radius 3 is 2.67 bits per heavy atom. The molecule has 0 aliphatic heterocycles. The van der Waals surface area contributed by atoms with E-state index in [1.165, 1.54) is 17.4 Å². The van der Waals surface area contributed by atoms with Crippen LogP contribution in [0.2, 0.25) is 0 Å². The van der Waals surface area contributed by atoms with Crippen molar-refractivity contribution >= 4 is 51.6 Å². The molecule has 0 amide bonds. The van der Waals surface area contributed by atoms with Gasteiger partial charge in [-0.05, 0) is 0 Å². The summed E-state index contributed by atoms with van der Waals surface area (Å²) in [4.78, 5) is 53.0. The summed E-state index contributed by atoms with van der Waals surface area (Å²) in [6, 6.07) is 2.43. The first-order valence-electron chi connectivity index (χ1n) is 7.17. The number of nitrogens with one attached hydrogen (secondary N) is 3. The molecule has 0 saturated carbocycles. The minimum absolute atomic E-state index is 0. The van der Waals surface area contributed by atoms with Crippen LogP contribution >= 0.6 is 23.7 Å². The van der Waals surface area contributed by atoms with E-state index in [0.29, 0.717) is 16.4 Å². The zero-order chi connectivity index (χ0) is 18.8. The predicted molar refractivity (Wildman–Crippen MR) is 99.9 cm³/mol. The number of hydrogen-bond acceptors (Lipinski definition) is 8. The van der Waals surface area contributed by atoms with E-state index in [2.05, 4.69) is 20.3 Å². The maximum atomic E-state index is 11.6. The Bertz CT molecular complexity index is 1140. The van der Waals surface area contributed by atoms with Crippen LogP contribution in [0, 0.1) is 10.1 Å². The molecule has 27 heavy (non-hydrogen) atoms. The van der Waals surface area contributed by atoms with Crippen LogP contribution < -0.4 is 16.4 Å². The van der Waals surface area contributed by atoms with E-state index < -0.39 is 22.0 Å². The Morgan fingerprint density at radius 1 is 1.30 bits per heavy atom. The molecule has 0 aliphatic rings. The standard InChI is InChI=1S/C14H11N5O6S.ClH/c20-10(21)2-7-5-26-14(16-7)15-4-6-1-8(19(24)25)3-9-11(6)18-13(23)12(22)17-9;/h1,3,5H,2,4H2,(H,15,16)(H,17,22)(H,18,23)(H,20,21);1H. The molecule has 0 aliphatic carbocycles. The molecule has 2 aromatic heterocycles. The molecule has 142 valence electrons. The Balaban J connectivity index is 0.00000261. The number of anilines is 1. The van der Waals surface area contributed by atoms with Crippen LogP contribution in [0.1, 0.15) is 11.3 Å². The van der Waals surface area contributed by atoms with Crippen molar-refractivity contribution in [2.24, 2.45) is 0 Å². The summed E-state index contributed by atoms with van der Waals surface area (Å²) >= 11 is 1.18. The van der Waals surface area contributed by atoms with E-state index in [4.69, 9.17) is 5.11 Å². The van der Waals surface area contributed by atoms with Crippen molar-refractivity contribution in [2.75, 3.05) is 5.32 Å². The van der Waals surface area contributed by atoms with Crippen molar-refractivity contribution in [1.29, 1.82) is 0 Å².